The van der Waals surface area contributed by atoms with Gasteiger partial charge in [-0.15, -0.1) is 0 Å². The van der Waals surface area contributed by atoms with E-state index in [1.165, 1.54) is 9.80 Å². The average molecular weight is 213 g/mol. The number of amides is 3. The SMILES string of the molecule is CCNC(CC)CN1C(=O)CN(C)C1=O. The van der Waals surface area contributed by atoms with Crippen LogP contribution in [0.1, 0.15) is 20.3 Å². The van der Waals surface area contributed by atoms with Crippen LogP contribution in [-0.4, -0.2) is 54.5 Å². The van der Waals surface area contributed by atoms with Gasteiger partial charge < -0.3 is 10.2 Å². The molecule has 0 saturated carbocycles. The molecule has 5 nitrogen and oxygen atoms in total. The Morgan fingerprint density at radius 3 is 2.47 bits per heavy atom. The fourth-order valence-corrected chi connectivity index (χ4v) is 1.70. The largest absolute Gasteiger partial charge is 0.327 e. The van der Waals surface area contributed by atoms with Crippen molar-refractivity contribution in [3.05, 3.63) is 0 Å². The molecule has 1 fully saturated rings. The van der Waals surface area contributed by atoms with Crippen LogP contribution in [0.15, 0.2) is 0 Å². The summed E-state index contributed by atoms with van der Waals surface area (Å²) in [5.74, 6) is -0.0983. The zero-order chi connectivity index (χ0) is 11.4. The first-order valence-corrected chi connectivity index (χ1v) is 5.39. The molecule has 1 heterocycles. The number of rotatable bonds is 5. The quantitative estimate of drug-likeness (QED) is 0.667. The Bertz CT molecular complexity index is 255. The molecule has 1 saturated heterocycles. The number of likely N-dealkylation sites (N-methyl/N-ethyl adjacent to an activating group) is 2. The first-order valence-electron chi connectivity index (χ1n) is 5.39. The van der Waals surface area contributed by atoms with Gasteiger partial charge in [0.25, 0.3) is 0 Å². The van der Waals surface area contributed by atoms with Crippen LogP contribution in [0.2, 0.25) is 0 Å². The molecule has 0 spiro atoms. The Labute approximate surface area is 90.4 Å². The minimum Gasteiger partial charge on any atom is -0.318 e. The lowest BCUT2D eigenvalue weighted by Crippen LogP contribution is -2.43. The topological polar surface area (TPSA) is 52.7 Å². The van der Waals surface area contributed by atoms with Crippen molar-refractivity contribution >= 4 is 11.9 Å². The van der Waals surface area contributed by atoms with E-state index in [1.54, 1.807) is 7.05 Å². The molecule has 0 bridgehead atoms. The number of carbonyl (C=O) groups is 2. The zero-order valence-corrected chi connectivity index (χ0v) is 9.62. The standard InChI is InChI=1S/C10H19N3O2/c1-4-8(11-5-2)6-13-9(14)7-12(3)10(13)15/h8,11H,4-7H2,1-3H3. The van der Waals surface area contributed by atoms with E-state index in [9.17, 15) is 9.59 Å². The summed E-state index contributed by atoms with van der Waals surface area (Å²) < 4.78 is 0. The molecule has 1 aliphatic rings. The Balaban J connectivity index is 2.56. The van der Waals surface area contributed by atoms with Crippen LogP contribution in [0.4, 0.5) is 4.79 Å². The van der Waals surface area contributed by atoms with Crippen LogP contribution >= 0.6 is 0 Å². The van der Waals surface area contributed by atoms with Crippen molar-refractivity contribution in [2.75, 3.05) is 26.7 Å². The smallest absolute Gasteiger partial charge is 0.318 e. The Kier molecular flexibility index (Phi) is 4.08. The number of nitrogens with one attached hydrogen (secondary N) is 1. The summed E-state index contributed by atoms with van der Waals surface area (Å²) in [5, 5.41) is 3.25. The summed E-state index contributed by atoms with van der Waals surface area (Å²) in [5.41, 5.74) is 0. The maximum absolute atomic E-state index is 11.6. The van der Waals surface area contributed by atoms with Crippen LogP contribution in [0.25, 0.3) is 0 Å². The Morgan fingerprint density at radius 1 is 1.40 bits per heavy atom. The number of nitrogens with zero attached hydrogens (tertiary/aromatic N) is 2. The fourth-order valence-electron chi connectivity index (χ4n) is 1.70. The van der Waals surface area contributed by atoms with E-state index >= 15 is 0 Å². The predicted molar refractivity (Wildman–Crippen MR) is 57.5 cm³/mol. The van der Waals surface area contributed by atoms with Gasteiger partial charge in [-0.25, -0.2) is 4.79 Å². The number of imide groups is 1. The van der Waals surface area contributed by atoms with E-state index in [2.05, 4.69) is 5.32 Å². The molecule has 0 aromatic carbocycles. The number of carbonyl (C=O) groups excluding carboxylic acids is 2. The summed E-state index contributed by atoms with van der Waals surface area (Å²) in [6.45, 7) is 5.60. The summed E-state index contributed by atoms with van der Waals surface area (Å²) in [6, 6.07) is 0.0192. The molecule has 0 aromatic rings. The van der Waals surface area contributed by atoms with Gasteiger partial charge in [-0.3, -0.25) is 9.69 Å². The molecule has 86 valence electrons. The second kappa shape index (κ2) is 5.11. The number of hydrogen-bond acceptors (Lipinski definition) is 3. The lowest BCUT2D eigenvalue weighted by Gasteiger charge is -2.21. The Hall–Kier alpha value is -1.10. The van der Waals surface area contributed by atoms with Crippen LogP contribution in [-0.2, 0) is 4.79 Å². The molecule has 1 aliphatic heterocycles. The second-order valence-electron chi connectivity index (χ2n) is 3.81. The molecule has 15 heavy (non-hydrogen) atoms. The monoisotopic (exact) mass is 213 g/mol. The van der Waals surface area contributed by atoms with Crippen molar-refractivity contribution in [1.29, 1.82) is 0 Å². The molecule has 0 radical (unpaired) electrons. The third-order valence-corrected chi connectivity index (χ3v) is 2.62. The molecule has 1 rings (SSSR count). The van der Waals surface area contributed by atoms with Crippen molar-refractivity contribution < 1.29 is 9.59 Å². The first-order chi connectivity index (χ1) is 7.10. The van der Waals surface area contributed by atoms with Gasteiger partial charge in [0.2, 0.25) is 5.91 Å². The number of urea groups is 1. The highest BCUT2D eigenvalue weighted by molar-refractivity contribution is 6.01. The predicted octanol–water partition coefficient (Wildman–Crippen LogP) is 0.269. The van der Waals surface area contributed by atoms with E-state index < -0.39 is 0 Å². The molecular formula is C10H19N3O2. The molecule has 1 unspecified atom stereocenters. The van der Waals surface area contributed by atoms with E-state index in [0.29, 0.717) is 6.54 Å². The van der Waals surface area contributed by atoms with Gasteiger partial charge in [0.15, 0.2) is 0 Å². The van der Waals surface area contributed by atoms with Crippen molar-refractivity contribution in [1.82, 2.24) is 15.1 Å². The molecule has 1 atom stereocenters. The van der Waals surface area contributed by atoms with Crippen LogP contribution in [0, 0.1) is 0 Å². The minimum atomic E-state index is -0.184. The molecule has 0 aromatic heterocycles. The van der Waals surface area contributed by atoms with Crippen molar-refractivity contribution in [3.8, 4) is 0 Å². The van der Waals surface area contributed by atoms with Gasteiger partial charge in [-0.05, 0) is 13.0 Å². The molecule has 1 N–H and O–H groups in total. The van der Waals surface area contributed by atoms with Gasteiger partial charge in [0.1, 0.15) is 6.54 Å². The van der Waals surface area contributed by atoms with Gasteiger partial charge in [0, 0.05) is 19.6 Å². The van der Waals surface area contributed by atoms with Crippen molar-refractivity contribution in [2.24, 2.45) is 0 Å². The summed E-state index contributed by atoms with van der Waals surface area (Å²) in [7, 11) is 1.65. The van der Waals surface area contributed by atoms with Crippen molar-refractivity contribution in [2.45, 2.75) is 26.3 Å². The lowest BCUT2D eigenvalue weighted by atomic mass is 10.2. The summed E-state index contributed by atoms with van der Waals surface area (Å²) in [4.78, 5) is 25.8. The molecular weight excluding hydrogens is 194 g/mol. The van der Waals surface area contributed by atoms with Crippen molar-refractivity contribution in [3.63, 3.8) is 0 Å². The van der Waals surface area contributed by atoms with Gasteiger partial charge in [-0.1, -0.05) is 13.8 Å². The highest BCUT2D eigenvalue weighted by Gasteiger charge is 2.34. The molecule has 3 amide bonds. The van der Waals surface area contributed by atoms with E-state index in [1.807, 2.05) is 13.8 Å². The summed E-state index contributed by atoms with van der Waals surface area (Å²) >= 11 is 0. The summed E-state index contributed by atoms with van der Waals surface area (Å²) in [6.07, 6.45) is 0.911. The maximum Gasteiger partial charge on any atom is 0.327 e. The third kappa shape index (κ3) is 2.68. The van der Waals surface area contributed by atoms with Gasteiger partial charge >= 0.3 is 6.03 Å². The average Bonchev–Trinajstić information content (AvgIpc) is 2.44. The lowest BCUT2D eigenvalue weighted by molar-refractivity contribution is -0.125. The highest BCUT2D eigenvalue weighted by atomic mass is 16.2. The molecule has 0 aliphatic carbocycles. The molecule has 5 heteroatoms. The van der Waals surface area contributed by atoms with Crippen LogP contribution in [0.3, 0.4) is 0 Å². The Morgan fingerprint density at radius 2 is 2.07 bits per heavy atom. The van der Waals surface area contributed by atoms with E-state index in [0.717, 1.165) is 13.0 Å². The maximum atomic E-state index is 11.6. The fraction of sp³-hybridized carbons (Fsp3) is 0.800. The first kappa shape index (κ1) is 12.0. The zero-order valence-electron chi connectivity index (χ0n) is 9.62. The van der Waals surface area contributed by atoms with E-state index in [-0.39, 0.29) is 24.5 Å². The van der Waals surface area contributed by atoms with Crippen LogP contribution in [0.5, 0.6) is 0 Å². The van der Waals surface area contributed by atoms with Gasteiger partial charge in [0.05, 0.1) is 0 Å². The van der Waals surface area contributed by atoms with Crippen LogP contribution < -0.4 is 5.32 Å². The third-order valence-electron chi connectivity index (χ3n) is 2.62. The normalized spacial score (nSPS) is 18.9. The number of hydrogen-bond donors (Lipinski definition) is 1. The highest BCUT2D eigenvalue weighted by Crippen LogP contribution is 2.09. The van der Waals surface area contributed by atoms with Gasteiger partial charge in [-0.2, -0.15) is 0 Å². The van der Waals surface area contributed by atoms with E-state index in [4.69, 9.17) is 0 Å². The minimum absolute atomic E-state index is 0.0983. The second-order valence-corrected chi connectivity index (χ2v) is 3.81.